The fourth-order valence-corrected chi connectivity index (χ4v) is 1.83. The van der Waals surface area contributed by atoms with Gasteiger partial charge in [-0.2, -0.15) is 5.26 Å². The van der Waals surface area contributed by atoms with Crippen LogP contribution in [0.5, 0.6) is 5.75 Å². The number of rotatable bonds is 7. The number of nitrogens with one attached hydrogen (secondary N) is 2. The molecule has 5 heteroatoms. The van der Waals surface area contributed by atoms with Crippen molar-refractivity contribution in [3.8, 4) is 11.8 Å². The van der Waals surface area contributed by atoms with Gasteiger partial charge in [-0.1, -0.05) is 26.0 Å². The van der Waals surface area contributed by atoms with Crippen LogP contribution in [0.2, 0.25) is 0 Å². The van der Waals surface area contributed by atoms with Crippen molar-refractivity contribution in [1.29, 1.82) is 5.26 Å². The first-order chi connectivity index (χ1) is 10.3. The maximum Gasteiger partial charge on any atom is 0.243 e. The fraction of sp³-hybridized carbons (Fsp3) is 0.529. The van der Waals surface area contributed by atoms with Gasteiger partial charge in [0.2, 0.25) is 5.91 Å². The Bertz CT molecular complexity index is 551. The van der Waals surface area contributed by atoms with Gasteiger partial charge in [-0.15, -0.1) is 0 Å². The molecule has 0 saturated carbocycles. The van der Waals surface area contributed by atoms with Crippen LogP contribution in [-0.2, 0) is 4.79 Å². The highest BCUT2D eigenvalue weighted by Crippen LogP contribution is 2.24. The molecule has 1 aromatic rings. The summed E-state index contributed by atoms with van der Waals surface area (Å²) in [7, 11) is 0. The number of carbonyl (C=O) groups excluding carboxylic acids is 1. The molecule has 0 aliphatic heterocycles. The second-order valence-corrected chi connectivity index (χ2v) is 5.75. The van der Waals surface area contributed by atoms with E-state index in [1.54, 1.807) is 13.8 Å². The second-order valence-electron chi connectivity index (χ2n) is 5.75. The molecule has 0 aromatic heterocycles. The maximum atomic E-state index is 12.3. The molecular formula is C17H25N3O2. The summed E-state index contributed by atoms with van der Waals surface area (Å²) in [5, 5.41) is 15.2. The Morgan fingerprint density at radius 2 is 2.00 bits per heavy atom. The molecule has 1 amide bonds. The van der Waals surface area contributed by atoms with Crippen LogP contribution in [0.3, 0.4) is 0 Å². The molecule has 1 rings (SSSR count). The van der Waals surface area contributed by atoms with Crippen molar-refractivity contribution in [3.05, 3.63) is 24.3 Å². The molecule has 120 valence electrons. The Morgan fingerprint density at radius 1 is 1.36 bits per heavy atom. The molecule has 2 N–H and O–H groups in total. The molecule has 5 nitrogen and oxygen atoms in total. The molecular weight excluding hydrogens is 278 g/mol. The number of para-hydroxylation sites is 2. The summed E-state index contributed by atoms with van der Waals surface area (Å²) < 4.78 is 5.53. The van der Waals surface area contributed by atoms with Crippen LogP contribution in [0.4, 0.5) is 5.69 Å². The Balaban J connectivity index is 2.79. The highest BCUT2D eigenvalue weighted by Gasteiger charge is 2.31. The lowest BCUT2D eigenvalue weighted by Gasteiger charge is -2.29. The Labute approximate surface area is 132 Å². The van der Waals surface area contributed by atoms with Crippen LogP contribution in [0, 0.1) is 17.2 Å². The van der Waals surface area contributed by atoms with E-state index in [4.69, 9.17) is 4.74 Å². The minimum Gasteiger partial charge on any atom is -0.492 e. The second kappa shape index (κ2) is 7.69. The molecule has 2 atom stereocenters. The number of hydrogen-bond donors (Lipinski definition) is 2. The highest BCUT2D eigenvalue weighted by atomic mass is 16.5. The normalized spacial score (nSPS) is 14.6. The molecule has 0 bridgehead atoms. The zero-order chi connectivity index (χ0) is 16.8. The van der Waals surface area contributed by atoms with Crippen molar-refractivity contribution < 1.29 is 9.53 Å². The number of benzene rings is 1. The molecule has 1 aromatic carbocycles. The highest BCUT2D eigenvalue weighted by molar-refractivity contribution is 5.85. The lowest BCUT2D eigenvalue weighted by molar-refractivity contribution is -0.123. The predicted octanol–water partition coefficient (Wildman–Crippen LogP) is 2.94. The summed E-state index contributed by atoms with van der Waals surface area (Å²) in [6.07, 6.45) is 0. The van der Waals surface area contributed by atoms with Gasteiger partial charge in [-0.3, -0.25) is 4.79 Å². The van der Waals surface area contributed by atoms with Crippen LogP contribution in [-0.4, -0.2) is 24.1 Å². The average Bonchev–Trinajstić information content (AvgIpc) is 2.49. The van der Waals surface area contributed by atoms with Crippen molar-refractivity contribution in [3.63, 3.8) is 0 Å². The Hall–Kier alpha value is -2.22. The van der Waals surface area contributed by atoms with E-state index in [1.165, 1.54) is 0 Å². The summed E-state index contributed by atoms with van der Waals surface area (Å²) in [6.45, 7) is 9.78. The predicted molar refractivity (Wildman–Crippen MR) is 87.7 cm³/mol. The quantitative estimate of drug-likeness (QED) is 0.812. The van der Waals surface area contributed by atoms with E-state index in [1.807, 2.05) is 45.0 Å². The Kier molecular flexibility index (Phi) is 6.24. The van der Waals surface area contributed by atoms with Gasteiger partial charge in [0.05, 0.1) is 18.4 Å². The van der Waals surface area contributed by atoms with Gasteiger partial charge in [0.25, 0.3) is 0 Å². The van der Waals surface area contributed by atoms with E-state index in [-0.39, 0.29) is 11.8 Å². The summed E-state index contributed by atoms with van der Waals surface area (Å²) in [5.41, 5.74) is -0.123. The monoisotopic (exact) mass is 303 g/mol. The lowest BCUT2D eigenvalue weighted by Crippen LogP contribution is -2.52. The first kappa shape index (κ1) is 17.8. The van der Waals surface area contributed by atoms with Crippen molar-refractivity contribution in [1.82, 2.24) is 5.32 Å². The SMILES string of the molecule is CCOc1ccccc1NC(C)C(=O)NC(C)(C#N)C(C)C. The first-order valence-corrected chi connectivity index (χ1v) is 7.55. The first-order valence-electron chi connectivity index (χ1n) is 7.55. The molecule has 0 heterocycles. The van der Waals surface area contributed by atoms with Crippen molar-refractivity contribution >= 4 is 11.6 Å². The van der Waals surface area contributed by atoms with Gasteiger partial charge in [-0.05, 0) is 38.8 Å². The molecule has 0 aliphatic carbocycles. The van der Waals surface area contributed by atoms with Gasteiger partial charge in [0, 0.05) is 0 Å². The third-order valence-corrected chi connectivity index (χ3v) is 3.72. The van der Waals surface area contributed by atoms with Crippen molar-refractivity contribution in [2.75, 3.05) is 11.9 Å². The largest absolute Gasteiger partial charge is 0.492 e. The molecule has 22 heavy (non-hydrogen) atoms. The Morgan fingerprint density at radius 3 is 2.55 bits per heavy atom. The van der Waals surface area contributed by atoms with Gasteiger partial charge in [-0.25, -0.2) is 0 Å². The summed E-state index contributed by atoms with van der Waals surface area (Å²) in [5.74, 6) is 0.505. The standard InChI is InChI=1S/C17H25N3O2/c1-6-22-15-10-8-7-9-14(15)19-13(4)16(21)20-17(5,11-18)12(2)3/h7-10,12-13,19H,6H2,1-5H3,(H,20,21). The third kappa shape index (κ3) is 4.39. The van der Waals surface area contributed by atoms with Gasteiger partial charge >= 0.3 is 0 Å². The smallest absolute Gasteiger partial charge is 0.243 e. The summed E-state index contributed by atoms with van der Waals surface area (Å²) in [4.78, 5) is 12.3. The molecule has 0 fully saturated rings. The number of ether oxygens (including phenoxy) is 1. The van der Waals surface area contributed by atoms with Gasteiger partial charge in [0.1, 0.15) is 17.3 Å². The van der Waals surface area contributed by atoms with Crippen molar-refractivity contribution in [2.24, 2.45) is 5.92 Å². The van der Waals surface area contributed by atoms with Crippen LogP contribution in [0.15, 0.2) is 24.3 Å². The summed E-state index contributed by atoms with van der Waals surface area (Å²) in [6, 6.07) is 9.17. The average molecular weight is 303 g/mol. The number of amides is 1. The molecule has 0 spiro atoms. The molecule has 0 aliphatic rings. The van der Waals surface area contributed by atoms with E-state index >= 15 is 0 Å². The van der Waals surface area contributed by atoms with E-state index < -0.39 is 11.6 Å². The topological polar surface area (TPSA) is 74.2 Å². The van der Waals surface area contributed by atoms with Crippen LogP contribution >= 0.6 is 0 Å². The number of hydrogen-bond acceptors (Lipinski definition) is 4. The van der Waals surface area contributed by atoms with Gasteiger partial charge < -0.3 is 15.4 Å². The molecule has 0 saturated heterocycles. The van der Waals surface area contributed by atoms with Crippen LogP contribution < -0.4 is 15.4 Å². The third-order valence-electron chi connectivity index (χ3n) is 3.72. The number of nitriles is 1. The summed E-state index contributed by atoms with van der Waals surface area (Å²) >= 11 is 0. The van der Waals surface area contributed by atoms with Crippen molar-refractivity contribution in [2.45, 2.75) is 46.2 Å². The fourth-order valence-electron chi connectivity index (χ4n) is 1.83. The minimum absolute atomic E-state index is 0.0179. The number of nitrogens with zero attached hydrogens (tertiary/aromatic N) is 1. The number of carbonyl (C=O) groups is 1. The molecule has 0 radical (unpaired) electrons. The lowest BCUT2D eigenvalue weighted by atomic mass is 9.90. The van der Waals surface area contributed by atoms with Crippen LogP contribution in [0.1, 0.15) is 34.6 Å². The maximum absolute atomic E-state index is 12.3. The zero-order valence-electron chi connectivity index (χ0n) is 13.9. The molecule has 2 unspecified atom stereocenters. The van der Waals surface area contributed by atoms with Gasteiger partial charge in [0.15, 0.2) is 0 Å². The number of anilines is 1. The van der Waals surface area contributed by atoms with Crippen LogP contribution in [0.25, 0.3) is 0 Å². The minimum atomic E-state index is -0.882. The van der Waals surface area contributed by atoms with E-state index in [0.29, 0.717) is 12.4 Å². The van der Waals surface area contributed by atoms with E-state index in [9.17, 15) is 10.1 Å². The zero-order valence-corrected chi connectivity index (χ0v) is 13.9. The van der Waals surface area contributed by atoms with E-state index in [0.717, 1.165) is 5.69 Å². The van der Waals surface area contributed by atoms with E-state index in [2.05, 4.69) is 16.7 Å².